The smallest absolute Gasteiger partial charge is 0.325 e. The third kappa shape index (κ3) is 2.03. The summed E-state index contributed by atoms with van der Waals surface area (Å²) in [7, 11) is 1.81. The first kappa shape index (κ1) is 11.7. The molecular formula is C13H19N3O2. The first-order chi connectivity index (χ1) is 8.63. The predicted molar refractivity (Wildman–Crippen MR) is 66.0 cm³/mol. The van der Waals surface area contributed by atoms with Gasteiger partial charge in [-0.05, 0) is 31.1 Å². The van der Waals surface area contributed by atoms with Crippen molar-refractivity contribution in [1.82, 2.24) is 15.1 Å². The molecule has 1 aromatic rings. The highest BCUT2D eigenvalue weighted by atomic mass is 16.4. The molecule has 2 aliphatic rings. The number of aromatic nitrogens is 2. The lowest BCUT2D eigenvalue weighted by Crippen LogP contribution is -2.40. The van der Waals surface area contributed by atoms with Crippen LogP contribution in [0.25, 0.3) is 0 Å². The molecule has 5 nitrogen and oxygen atoms in total. The summed E-state index contributed by atoms with van der Waals surface area (Å²) in [5.74, 6) is 0.676. The molecule has 2 bridgehead atoms. The van der Waals surface area contributed by atoms with Gasteiger partial charge in [0.05, 0.1) is 6.20 Å². The number of aryl methyl sites for hydroxylation is 1. The molecular weight excluding hydrogens is 230 g/mol. The molecule has 3 rings (SSSR count). The van der Waals surface area contributed by atoms with E-state index in [0.29, 0.717) is 12.0 Å². The summed E-state index contributed by atoms with van der Waals surface area (Å²) in [6.07, 6.45) is 8.40. The summed E-state index contributed by atoms with van der Waals surface area (Å²) < 4.78 is 1.65. The van der Waals surface area contributed by atoms with Gasteiger partial charge in [-0.1, -0.05) is 6.42 Å². The van der Waals surface area contributed by atoms with Crippen molar-refractivity contribution in [1.29, 1.82) is 0 Å². The molecule has 4 unspecified atom stereocenters. The van der Waals surface area contributed by atoms with E-state index in [0.717, 1.165) is 17.9 Å². The van der Waals surface area contributed by atoms with Gasteiger partial charge in [-0.15, -0.1) is 0 Å². The Bertz CT molecular complexity index is 457. The van der Waals surface area contributed by atoms with Crippen molar-refractivity contribution in [2.45, 2.75) is 37.8 Å². The zero-order valence-electron chi connectivity index (χ0n) is 10.5. The maximum absolute atomic E-state index is 11.4. The summed E-state index contributed by atoms with van der Waals surface area (Å²) in [4.78, 5) is 11.4. The number of fused-ring (bicyclic) bond motifs is 2. The summed E-state index contributed by atoms with van der Waals surface area (Å²) in [5, 5.41) is 16.7. The fourth-order valence-electron chi connectivity index (χ4n) is 3.56. The maximum Gasteiger partial charge on any atom is 0.325 e. The van der Waals surface area contributed by atoms with E-state index in [1.54, 1.807) is 24.1 Å². The van der Waals surface area contributed by atoms with E-state index in [2.05, 4.69) is 10.4 Å². The third-order valence-electron chi connectivity index (χ3n) is 4.42. The van der Waals surface area contributed by atoms with Crippen LogP contribution in [-0.2, 0) is 11.8 Å². The monoisotopic (exact) mass is 249 g/mol. The van der Waals surface area contributed by atoms with Crippen LogP contribution in [0.5, 0.6) is 0 Å². The number of carbonyl (C=O) groups is 1. The van der Waals surface area contributed by atoms with E-state index >= 15 is 0 Å². The number of aliphatic carboxylic acids is 1. The number of hydrogen-bond acceptors (Lipinski definition) is 3. The van der Waals surface area contributed by atoms with Gasteiger partial charge in [-0.3, -0.25) is 14.8 Å². The standard InChI is InChI=1S/C13H19N3O2/c1-16-7-10(6-14-16)12(13(17)18)15-11-5-8-2-3-9(11)4-8/h6-9,11-12,15H,2-5H2,1H3,(H,17,18). The molecule has 0 radical (unpaired) electrons. The number of hydrogen-bond donors (Lipinski definition) is 2. The topological polar surface area (TPSA) is 67.2 Å². The van der Waals surface area contributed by atoms with E-state index in [-0.39, 0.29) is 0 Å². The molecule has 2 fully saturated rings. The summed E-state index contributed by atoms with van der Waals surface area (Å²) in [6, 6.07) is -0.256. The minimum atomic E-state index is -0.814. The summed E-state index contributed by atoms with van der Waals surface area (Å²) in [6.45, 7) is 0. The van der Waals surface area contributed by atoms with E-state index in [1.807, 2.05) is 0 Å². The van der Waals surface area contributed by atoms with Gasteiger partial charge in [0.1, 0.15) is 6.04 Å². The van der Waals surface area contributed by atoms with Crippen LogP contribution in [0.15, 0.2) is 12.4 Å². The molecule has 2 N–H and O–H groups in total. The number of carboxylic acids is 1. The van der Waals surface area contributed by atoms with Crippen LogP contribution in [0.1, 0.15) is 37.3 Å². The number of carboxylic acid groups (broad SMARTS) is 1. The van der Waals surface area contributed by atoms with Crippen molar-refractivity contribution in [2.75, 3.05) is 0 Å². The molecule has 18 heavy (non-hydrogen) atoms. The second-order valence-corrected chi connectivity index (χ2v) is 5.67. The van der Waals surface area contributed by atoms with Crippen LogP contribution in [-0.4, -0.2) is 26.9 Å². The van der Waals surface area contributed by atoms with Gasteiger partial charge in [0.2, 0.25) is 0 Å². The van der Waals surface area contributed by atoms with E-state index in [4.69, 9.17) is 0 Å². The number of nitrogens with one attached hydrogen (secondary N) is 1. The molecule has 0 aromatic carbocycles. The van der Waals surface area contributed by atoms with Crippen molar-refractivity contribution < 1.29 is 9.90 Å². The second-order valence-electron chi connectivity index (χ2n) is 5.67. The Morgan fingerprint density at radius 2 is 2.39 bits per heavy atom. The van der Waals surface area contributed by atoms with Crippen LogP contribution in [0.2, 0.25) is 0 Å². The van der Waals surface area contributed by atoms with E-state index < -0.39 is 12.0 Å². The molecule has 2 aliphatic carbocycles. The molecule has 0 spiro atoms. The highest BCUT2D eigenvalue weighted by Gasteiger charge is 2.41. The van der Waals surface area contributed by atoms with Crippen molar-refractivity contribution in [3.8, 4) is 0 Å². The molecule has 0 saturated heterocycles. The highest BCUT2D eigenvalue weighted by Crippen LogP contribution is 2.45. The molecule has 0 aliphatic heterocycles. The van der Waals surface area contributed by atoms with Gasteiger partial charge >= 0.3 is 5.97 Å². The van der Waals surface area contributed by atoms with E-state index in [1.165, 1.54) is 19.3 Å². The van der Waals surface area contributed by atoms with Crippen LogP contribution < -0.4 is 5.32 Å². The van der Waals surface area contributed by atoms with Crippen LogP contribution >= 0.6 is 0 Å². The Hall–Kier alpha value is -1.36. The third-order valence-corrected chi connectivity index (χ3v) is 4.42. The Morgan fingerprint density at radius 3 is 2.89 bits per heavy atom. The molecule has 5 heteroatoms. The predicted octanol–water partition coefficient (Wildman–Crippen LogP) is 1.32. The molecule has 0 amide bonds. The molecule has 1 aromatic heterocycles. The fraction of sp³-hybridized carbons (Fsp3) is 0.692. The Balaban J connectivity index is 1.73. The minimum Gasteiger partial charge on any atom is -0.480 e. The molecule has 98 valence electrons. The van der Waals surface area contributed by atoms with E-state index in [9.17, 15) is 9.90 Å². The average Bonchev–Trinajstić information content (AvgIpc) is 3.01. The van der Waals surface area contributed by atoms with Gasteiger partial charge in [-0.25, -0.2) is 0 Å². The van der Waals surface area contributed by atoms with Gasteiger partial charge in [0.15, 0.2) is 0 Å². The fourth-order valence-corrected chi connectivity index (χ4v) is 3.56. The zero-order chi connectivity index (χ0) is 12.7. The van der Waals surface area contributed by atoms with Gasteiger partial charge in [0, 0.05) is 24.8 Å². The van der Waals surface area contributed by atoms with Crippen LogP contribution in [0.4, 0.5) is 0 Å². The SMILES string of the molecule is Cn1cc(C(NC2CC3CCC2C3)C(=O)O)cn1. The Morgan fingerprint density at radius 1 is 1.56 bits per heavy atom. The van der Waals surface area contributed by atoms with Crippen LogP contribution in [0.3, 0.4) is 0 Å². The first-order valence-electron chi connectivity index (χ1n) is 6.61. The Kier molecular flexibility index (Phi) is 2.86. The van der Waals surface area contributed by atoms with Crippen molar-refractivity contribution in [2.24, 2.45) is 18.9 Å². The molecule has 1 heterocycles. The van der Waals surface area contributed by atoms with Gasteiger partial charge in [0.25, 0.3) is 0 Å². The normalized spacial score (nSPS) is 31.7. The molecule has 2 saturated carbocycles. The lowest BCUT2D eigenvalue weighted by Gasteiger charge is -2.26. The van der Waals surface area contributed by atoms with Crippen molar-refractivity contribution in [3.05, 3.63) is 18.0 Å². The van der Waals surface area contributed by atoms with Gasteiger partial charge < -0.3 is 5.11 Å². The minimum absolute atomic E-state index is 0.366. The average molecular weight is 249 g/mol. The lowest BCUT2D eigenvalue weighted by atomic mass is 9.94. The number of rotatable bonds is 4. The highest BCUT2D eigenvalue weighted by molar-refractivity contribution is 5.75. The van der Waals surface area contributed by atoms with Crippen molar-refractivity contribution >= 4 is 5.97 Å². The van der Waals surface area contributed by atoms with Crippen molar-refractivity contribution in [3.63, 3.8) is 0 Å². The first-order valence-corrected chi connectivity index (χ1v) is 6.61. The number of nitrogens with zero attached hydrogens (tertiary/aromatic N) is 2. The quantitative estimate of drug-likeness (QED) is 0.844. The van der Waals surface area contributed by atoms with Gasteiger partial charge in [-0.2, -0.15) is 5.10 Å². The lowest BCUT2D eigenvalue weighted by molar-refractivity contribution is -0.140. The summed E-state index contributed by atoms with van der Waals surface area (Å²) >= 11 is 0. The van der Waals surface area contributed by atoms with Crippen LogP contribution in [0, 0.1) is 11.8 Å². The Labute approximate surface area is 106 Å². The second kappa shape index (κ2) is 4.39. The largest absolute Gasteiger partial charge is 0.480 e. The molecule has 4 atom stereocenters. The maximum atomic E-state index is 11.4. The summed E-state index contributed by atoms with van der Waals surface area (Å²) in [5.41, 5.74) is 0.743. The zero-order valence-corrected chi connectivity index (χ0v) is 10.5.